The standard InChI is InChI=1S/C15H20N2O2/c1-3-19-11-8-15(18,9-11)10-13-12-6-4-5-7-14(12)17(2)16-13/h4-7,11,18H,3,8-10H2,1-2H3. The summed E-state index contributed by atoms with van der Waals surface area (Å²) in [6.07, 6.45) is 2.25. The molecule has 1 aliphatic rings. The lowest BCUT2D eigenvalue weighted by molar-refractivity contribution is -0.136. The predicted molar refractivity (Wildman–Crippen MR) is 74.0 cm³/mol. The Morgan fingerprint density at radius 3 is 2.89 bits per heavy atom. The number of aryl methyl sites for hydroxylation is 1. The van der Waals surface area contributed by atoms with Gasteiger partial charge in [0.05, 0.1) is 22.9 Å². The molecular formula is C15H20N2O2. The van der Waals surface area contributed by atoms with Crippen LogP contribution in [0.25, 0.3) is 10.9 Å². The molecule has 0 aliphatic heterocycles. The van der Waals surface area contributed by atoms with E-state index in [0.29, 0.717) is 25.9 Å². The monoisotopic (exact) mass is 260 g/mol. The molecule has 0 amide bonds. The van der Waals surface area contributed by atoms with Crippen LogP contribution in [0.5, 0.6) is 0 Å². The highest BCUT2D eigenvalue weighted by atomic mass is 16.5. The van der Waals surface area contributed by atoms with E-state index in [0.717, 1.165) is 16.6 Å². The van der Waals surface area contributed by atoms with Crippen molar-refractivity contribution in [2.24, 2.45) is 7.05 Å². The molecule has 0 saturated heterocycles. The maximum absolute atomic E-state index is 10.5. The summed E-state index contributed by atoms with van der Waals surface area (Å²) >= 11 is 0. The normalized spacial score (nSPS) is 26.6. The van der Waals surface area contributed by atoms with Crippen molar-refractivity contribution < 1.29 is 9.84 Å². The molecule has 1 heterocycles. The number of hydrogen-bond donors (Lipinski definition) is 1. The summed E-state index contributed by atoms with van der Waals surface area (Å²) in [6.45, 7) is 2.71. The van der Waals surface area contributed by atoms with E-state index in [4.69, 9.17) is 4.74 Å². The minimum atomic E-state index is -0.642. The van der Waals surface area contributed by atoms with Crippen molar-refractivity contribution in [1.29, 1.82) is 0 Å². The first-order valence-electron chi connectivity index (χ1n) is 6.86. The molecule has 102 valence electrons. The van der Waals surface area contributed by atoms with E-state index in [1.807, 2.05) is 30.8 Å². The van der Waals surface area contributed by atoms with Crippen LogP contribution in [-0.4, -0.2) is 33.2 Å². The van der Waals surface area contributed by atoms with E-state index < -0.39 is 5.60 Å². The molecule has 1 fully saturated rings. The summed E-state index contributed by atoms with van der Waals surface area (Å²) in [4.78, 5) is 0. The Morgan fingerprint density at radius 2 is 2.16 bits per heavy atom. The Balaban J connectivity index is 1.79. The summed E-state index contributed by atoms with van der Waals surface area (Å²) in [5.74, 6) is 0. The number of fused-ring (bicyclic) bond motifs is 1. The third-order valence-electron chi connectivity index (χ3n) is 3.95. The Morgan fingerprint density at radius 1 is 1.42 bits per heavy atom. The minimum absolute atomic E-state index is 0.213. The molecule has 4 nitrogen and oxygen atoms in total. The van der Waals surface area contributed by atoms with Gasteiger partial charge in [0.2, 0.25) is 0 Å². The molecule has 4 heteroatoms. The minimum Gasteiger partial charge on any atom is -0.389 e. The zero-order chi connectivity index (χ0) is 13.5. The second-order valence-corrected chi connectivity index (χ2v) is 5.47. The van der Waals surface area contributed by atoms with Gasteiger partial charge in [-0.2, -0.15) is 5.10 Å². The van der Waals surface area contributed by atoms with Crippen LogP contribution in [0.2, 0.25) is 0 Å². The number of nitrogens with zero attached hydrogens (tertiary/aromatic N) is 2. The van der Waals surface area contributed by atoms with Gasteiger partial charge < -0.3 is 9.84 Å². The van der Waals surface area contributed by atoms with E-state index in [2.05, 4.69) is 17.2 Å². The first-order chi connectivity index (χ1) is 9.11. The third-order valence-corrected chi connectivity index (χ3v) is 3.95. The Kier molecular flexibility index (Phi) is 3.07. The van der Waals surface area contributed by atoms with Gasteiger partial charge in [-0.1, -0.05) is 18.2 Å². The van der Waals surface area contributed by atoms with Gasteiger partial charge in [-0.15, -0.1) is 0 Å². The summed E-state index contributed by atoms with van der Waals surface area (Å²) in [5, 5.41) is 16.2. The van der Waals surface area contributed by atoms with Crippen LogP contribution >= 0.6 is 0 Å². The van der Waals surface area contributed by atoms with Gasteiger partial charge >= 0.3 is 0 Å². The highest BCUT2D eigenvalue weighted by Gasteiger charge is 2.43. The molecule has 0 spiro atoms. The second kappa shape index (κ2) is 4.62. The summed E-state index contributed by atoms with van der Waals surface area (Å²) in [7, 11) is 1.94. The topological polar surface area (TPSA) is 47.3 Å². The van der Waals surface area contributed by atoms with Crippen LogP contribution in [0.3, 0.4) is 0 Å². The number of para-hydroxylation sites is 1. The summed E-state index contributed by atoms with van der Waals surface area (Å²) < 4.78 is 7.40. The van der Waals surface area contributed by atoms with Crippen molar-refractivity contribution in [3.63, 3.8) is 0 Å². The fraction of sp³-hybridized carbons (Fsp3) is 0.533. The number of aliphatic hydroxyl groups is 1. The van der Waals surface area contributed by atoms with Crippen LogP contribution in [0.1, 0.15) is 25.5 Å². The second-order valence-electron chi connectivity index (χ2n) is 5.47. The number of hydrogen-bond acceptors (Lipinski definition) is 3. The third kappa shape index (κ3) is 2.26. The maximum atomic E-state index is 10.5. The predicted octanol–water partition coefficient (Wildman–Crippen LogP) is 2.05. The van der Waals surface area contributed by atoms with Crippen LogP contribution in [0.4, 0.5) is 0 Å². The maximum Gasteiger partial charge on any atom is 0.0753 e. The Bertz CT molecular complexity index is 585. The lowest BCUT2D eigenvalue weighted by Crippen LogP contribution is -2.50. The molecule has 0 atom stereocenters. The quantitative estimate of drug-likeness (QED) is 0.915. The first kappa shape index (κ1) is 12.6. The number of aromatic nitrogens is 2. The van der Waals surface area contributed by atoms with Crippen molar-refractivity contribution in [3.05, 3.63) is 30.0 Å². The van der Waals surface area contributed by atoms with Gasteiger partial charge in [0, 0.05) is 38.3 Å². The van der Waals surface area contributed by atoms with Gasteiger partial charge in [0.1, 0.15) is 0 Å². The molecule has 1 N–H and O–H groups in total. The molecule has 1 aromatic carbocycles. The molecule has 2 aromatic rings. The average Bonchev–Trinajstić information content (AvgIpc) is 2.66. The van der Waals surface area contributed by atoms with Crippen molar-refractivity contribution in [2.45, 2.75) is 37.9 Å². The van der Waals surface area contributed by atoms with Crippen molar-refractivity contribution in [2.75, 3.05) is 6.61 Å². The van der Waals surface area contributed by atoms with Crippen LogP contribution in [0, 0.1) is 0 Å². The Labute approximate surface area is 113 Å². The highest BCUT2D eigenvalue weighted by molar-refractivity contribution is 5.81. The van der Waals surface area contributed by atoms with E-state index in [1.54, 1.807) is 0 Å². The van der Waals surface area contributed by atoms with Gasteiger partial charge in [-0.05, 0) is 13.0 Å². The molecule has 19 heavy (non-hydrogen) atoms. The zero-order valence-corrected chi connectivity index (χ0v) is 11.5. The average molecular weight is 260 g/mol. The molecule has 0 bridgehead atoms. The SMILES string of the molecule is CCOC1CC(O)(Cc2nn(C)c3ccccc23)C1. The van der Waals surface area contributed by atoms with Gasteiger partial charge in [0.15, 0.2) is 0 Å². The molecular weight excluding hydrogens is 240 g/mol. The molecule has 1 saturated carbocycles. The smallest absolute Gasteiger partial charge is 0.0753 e. The van der Waals surface area contributed by atoms with Crippen LogP contribution in [-0.2, 0) is 18.2 Å². The number of rotatable bonds is 4. The fourth-order valence-electron chi connectivity index (χ4n) is 3.02. The molecule has 1 aromatic heterocycles. The van der Waals surface area contributed by atoms with E-state index >= 15 is 0 Å². The van der Waals surface area contributed by atoms with E-state index in [9.17, 15) is 5.11 Å². The molecule has 1 aliphatic carbocycles. The summed E-state index contributed by atoms with van der Waals surface area (Å²) in [6, 6.07) is 8.15. The first-order valence-corrected chi connectivity index (χ1v) is 6.86. The fourth-order valence-corrected chi connectivity index (χ4v) is 3.02. The van der Waals surface area contributed by atoms with Crippen molar-refractivity contribution in [1.82, 2.24) is 9.78 Å². The summed E-state index contributed by atoms with van der Waals surface area (Å²) in [5.41, 5.74) is 1.45. The lowest BCUT2D eigenvalue weighted by Gasteiger charge is -2.43. The van der Waals surface area contributed by atoms with Crippen molar-refractivity contribution >= 4 is 10.9 Å². The van der Waals surface area contributed by atoms with E-state index in [-0.39, 0.29) is 6.10 Å². The van der Waals surface area contributed by atoms with Crippen LogP contribution in [0.15, 0.2) is 24.3 Å². The molecule has 0 unspecified atom stereocenters. The zero-order valence-electron chi connectivity index (χ0n) is 11.5. The largest absolute Gasteiger partial charge is 0.389 e. The highest BCUT2D eigenvalue weighted by Crippen LogP contribution is 2.38. The van der Waals surface area contributed by atoms with Gasteiger partial charge in [-0.25, -0.2) is 0 Å². The van der Waals surface area contributed by atoms with Crippen molar-refractivity contribution in [3.8, 4) is 0 Å². The number of ether oxygens (including phenoxy) is 1. The molecule has 0 radical (unpaired) electrons. The van der Waals surface area contributed by atoms with Crippen LogP contribution < -0.4 is 0 Å². The number of benzene rings is 1. The van der Waals surface area contributed by atoms with Gasteiger partial charge in [0.25, 0.3) is 0 Å². The van der Waals surface area contributed by atoms with Gasteiger partial charge in [-0.3, -0.25) is 4.68 Å². The van der Waals surface area contributed by atoms with E-state index in [1.165, 1.54) is 0 Å². The Hall–Kier alpha value is -1.39. The molecule has 3 rings (SSSR count). The lowest BCUT2D eigenvalue weighted by atomic mass is 9.74.